The maximum absolute atomic E-state index is 5.46. The highest BCUT2D eigenvalue weighted by molar-refractivity contribution is 5.79. The Morgan fingerprint density at radius 1 is 1.03 bits per heavy atom. The topological polar surface area (TPSA) is 52.1 Å². The zero-order valence-corrected chi connectivity index (χ0v) is 18.5. The molecule has 2 aliphatic heterocycles. The Balaban J connectivity index is 1.59. The van der Waals surface area contributed by atoms with Gasteiger partial charge in [0, 0.05) is 26.2 Å². The van der Waals surface area contributed by atoms with E-state index in [4.69, 9.17) is 4.74 Å². The van der Waals surface area contributed by atoms with Gasteiger partial charge in [0.2, 0.25) is 0 Å². The van der Waals surface area contributed by atoms with Gasteiger partial charge in [0.25, 0.3) is 0 Å². The fourth-order valence-corrected chi connectivity index (χ4v) is 4.63. The standard InChI is InChI=1S/C23H39N5O/c1-4-20(27-12-5-6-13-27)17-25-23(24-2)26-18-22(28-14-7-8-15-28)19-10-9-11-21(16-19)29-3/h9-11,16,20,22H,4-8,12-15,17-18H2,1-3H3,(H2,24,25,26). The zero-order valence-electron chi connectivity index (χ0n) is 18.5. The Kier molecular flexibility index (Phi) is 8.62. The molecule has 2 fully saturated rings. The van der Waals surface area contributed by atoms with Crippen molar-refractivity contribution in [3.63, 3.8) is 0 Å². The van der Waals surface area contributed by atoms with E-state index >= 15 is 0 Å². The summed E-state index contributed by atoms with van der Waals surface area (Å²) in [5, 5.41) is 7.16. The first-order chi connectivity index (χ1) is 14.2. The van der Waals surface area contributed by atoms with E-state index in [0.29, 0.717) is 12.1 Å². The summed E-state index contributed by atoms with van der Waals surface area (Å²) in [6.07, 6.45) is 6.40. The second-order valence-corrected chi connectivity index (χ2v) is 8.17. The van der Waals surface area contributed by atoms with Crippen molar-refractivity contribution in [3.05, 3.63) is 29.8 Å². The smallest absolute Gasteiger partial charge is 0.191 e. The fraction of sp³-hybridized carbons (Fsp3) is 0.696. The molecule has 6 nitrogen and oxygen atoms in total. The van der Waals surface area contributed by atoms with Crippen molar-refractivity contribution in [1.82, 2.24) is 20.4 Å². The highest BCUT2D eigenvalue weighted by Gasteiger charge is 2.24. The lowest BCUT2D eigenvalue weighted by molar-refractivity contribution is 0.234. The molecule has 0 aliphatic carbocycles. The second kappa shape index (κ2) is 11.4. The minimum Gasteiger partial charge on any atom is -0.497 e. The van der Waals surface area contributed by atoms with Crippen LogP contribution in [0.2, 0.25) is 0 Å². The number of hydrogen-bond acceptors (Lipinski definition) is 4. The normalized spacial score (nSPS) is 20.6. The lowest BCUT2D eigenvalue weighted by atomic mass is 10.1. The fourth-order valence-electron chi connectivity index (χ4n) is 4.63. The van der Waals surface area contributed by atoms with Crippen LogP contribution in [0.3, 0.4) is 0 Å². The third-order valence-electron chi connectivity index (χ3n) is 6.38. The number of rotatable bonds is 9. The van der Waals surface area contributed by atoms with Gasteiger partial charge in [0.1, 0.15) is 5.75 Å². The van der Waals surface area contributed by atoms with Gasteiger partial charge in [-0.15, -0.1) is 0 Å². The van der Waals surface area contributed by atoms with Crippen molar-refractivity contribution < 1.29 is 4.74 Å². The summed E-state index contributed by atoms with van der Waals surface area (Å²) in [6, 6.07) is 9.40. The zero-order chi connectivity index (χ0) is 20.5. The van der Waals surface area contributed by atoms with Crippen LogP contribution >= 0.6 is 0 Å². The molecule has 0 spiro atoms. The molecule has 3 rings (SSSR count). The Hall–Kier alpha value is -1.79. The van der Waals surface area contributed by atoms with Crippen LogP contribution in [-0.4, -0.2) is 75.2 Å². The predicted octanol–water partition coefficient (Wildman–Crippen LogP) is 2.87. The molecule has 2 saturated heterocycles. The molecule has 2 heterocycles. The average molecular weight is 402 g/mol. The highest BCUT2D eigenvalue weighted by atomic mass is 16.5. The summed E-state index contributed by atoms with van der Waals surface area (Å²) >= 11 is 0. The van der Waals surface area contributed by atoms with Gasteiger partial charge in [-0.2, -0.15) is 0 Å². The van der Waals surface area contributed by atoms with Gasteiger partial charge < -0.3 is 15.4 Å². The lowest BCUT2D eigenvalue weighted by Gasteiger charge is -2.30. The molecular weight excluding hydrogens is 362 g/mol. The van der Waals surface area contributed by atoms with Gasteiger partial charge in [-0.1, -0.05) is 19.1 Å². The molecular formula is C23H39N5O. The Morgan fingerprint density at radius 2 is 1.69 bits per heavy atom. The number of methoxy groups -OCH3 is 1. The number of likely N-dealkylation sites (tertiary alicyclic amines) is 2. The van der Waals surface area contributed by atoms with Crippen molar-refractivity contribution in [1.29, 1.82) is 0 Å². The summed E-state index contributed by atoms with van der Waals surface area (Å²) < 4.78 is 5.46. The Bertz CT molecular complexity index is 638. The minimum atomic E-state index is 0.326. The van der Waals surface area contributed by atoms with Crippen LogP contribution in [0, 0.1) is 0 Å². The van der Waals surface area contributed by atoms with E-state index < -0.39 is 0 Å². The Morgan fingerprint density at radius 3 is 2.31 bits per heavy atom. The van der Waals surface area contributed by atoms with Crippen LogP contribution in [0.1, 0.15) is 50.6 Å². The van der Waals surface area contributed by atoms with Crippen molar-refractivity contribution in [2.45, 2.75) is 51.1 Å². The number of hydrogen-bond donors (Lipinski definition) is 2. The summed E-state index contributed by atoms with van der Waals surface area (Å²) in [5.41, 5.74) is 1.30. The summed E-state index contributed by atoms with van der Waals surface area (Å²) in [4.78, 5) is 9.67. The van der Waals surface area contributed by atoms with Gasteiger partial charge >= 0.3 is 0 Å². The third-order valence-corrected chi connectivity index (χ3v) is 6.38. The van der Waals surface area contributed by atoms with Gasteiger partial charge in [-0.3, -0.25) is 14.8 Å². The molecule has 6 heteroatoms. The van der Waals surface area contributed by atoms with E-state index in [1.54, 1.807) is 7.11 Å². The molecule has 2 N–H and O–H groups in total. The lowest BCUT2D eigenvalue weighted by Crippen LogP contribution is -2.47. The van der Waals surface area contributed by atoms with Crippen LogP contribution in [0.4, 0.5) is 0 Å². The average Bonchev–Trinajstić information content (AvgIpc) is 3.48. The van der Waals surface area contributed by atoms with Crippen LogP contribution in [0.15, 0.2) is 29.3 Å². The van der Waals surface area contributed by atoms with Gasteiger partial charge in [0.05, 0.1) is 13.2 Å². The number of nitrogens with zero attached hydrogens (tertiary/aromatic N) is 3. The molecule has 2 unspecified atom stereocenters. The van der Waals surface area contributed by atoms with Crippen LogP contribution < -0.4 is 15.4 Å². The molecule has 0 aromatic heterocycles. The third kappa shape index (κ3) is 6.09. The maximum atomic E-state index is 5.46. The van der Waals surface area contributed by atoms with E-state index in [0.717, 1.165) is 37.9 Å². The number of nitrogens with one attached hydrogen (secondary N) is 2. The van der Waals surface area contributed by atoms with Gasteiger partial charge in [0.15, 0.2) is 5.96 Å². The van der Waals surface area contributed by atoms with E-state index in [9.17, 15) is 0 Å². The highest BCUT2D eigenvalue weighted by Crippen LogP contribution is 2.27. The van der Waals surface area contributed by atoms with Crippen LogP contribution in [-0.2, 0) is 0 Å². The number of aliphatic imine (C=N–C) groups is 1. The molecule has 1 aromatic rings. The summed E-state index contributed by atoms with van der Waals surface area (Å²) in [5.74, 6) is 1.82. The van der Waals surface area contributed by atoms with Crippen molar-refractivity contribution >= 4 is 5.96 Å². The molecule has 1 aromatic carbocycles. The number of ether oxygens (including phenoxy) is 1. The molecule has 0 saturated carbocycles. The van der Waals surface area contributed by atoms with Crippen LogP contribution in [0.25, 0.3) is 0 Å². The first kappa shape index (κ1) is 21.9. The van der Waals surface area contributed by atoms with Gasteiger partial charge in [-0.25, -0.2) is 0 Å². The van der Waals surface area contributed by atoms with E-state index in [2.05, 4.69) is 50.5 Å². The number of guanidine groups is 1. The SMILES string of the molecule is CCC(CNC(=NC)NCC(c1cccc(OC)c1)N1CCCC1)N1CCCC1. The summed E-state index contributed by atoms with van der Waals surface area (Å²) in [6.45, 7) is 8.85. The molecule has 0 radical (unpaired) electrons. The molecule has 0 bridgehead atoms. The molecule has 2 aliphatic rings. The minimum absolute atomic E-state index is 0.326. The molecule has 162 valence electrons. The Labute approximate surface area is 176 Å². The van der Waals surface area contributed by atoms with Crippen molar-refractivity contribution in [2.24, 2.45) is 4.99 Å². The first-order valence-electron chi connectivity index (χ1n) is 11.3. The quantitative estimate of drug-likeness (QED) is 0.492. The first-order valence-corrected chi connectivity index (χ1v) is 11.3. The summed E-state index contributed by atoms with van der Waals surface area (Å²) in [7, 11) is 3.60. The van der Waals surface area contributed by atoms with Crippen LogP contribution in [0.5, 0.6) is 5.75 Å². The maximum Gasteiger partial charge on any atom is 0.191 e. The largest absolute Gasteiger partial charge is 0.497 e. The molecule has 29 heavy (non-hydrogen) atoms. The van der Waals surface area contributed by atoms with E-state index in [1.165, 1.54) is 50.8 Å². The van der Waals surface area contributed by atoms with E-state index in [1.807, 2.05) is 13.1 Å². The monoisotopic (exact) mass is 401 g/mol. The molecule has 2 atom stereocenters. The van der Waals surface area contributed by atoms with Gasteiger partial charge in [-0.05, 0) is 76.0 Å². The number of benzene rings is 1. The predicted molar refractivity (Wildman–Crippen MR) is 121 cm³/mol. The second-order valence-electron chi connectivity index (χ2n) is 8.17. The van der Waals surface area contributed by atoms with Crippen molar-refractivity contribution in [2.75, 3.05) is 53.4 Å². The molecule has 0 amide bonds. The van der Waals surface area contributed by atoms with Crippen molar-refractivity contribution in [3.8, 4) is 5.75 Å². The van der Waals surface area contributed by atoms with E-state index in [-0.39, 0.29) is 0 Å².